The molecule has 0 unspecified atom stereocenters. The van der Waals surface area contributed by atoms with Crippen molar-refractivity contribution in [2.45, 2.75) is 64.8 Å². The number of nitrogens with two attached hydrogens (primary N) is 1. The van der Waals surface area contributed by atoms with Gasteiger partial charge in [-0.05, 0) is 75.8 Å². The monoisotopic (exact) mass is 606 g/mol. The second-order valence-electron chi connectivity index (χ2n) is 11.0. The third kappa shape index (κ3) is 7.22. The molecule has 1 saturated heterocycles. The summed E-state index contributed by atoms with van der Waals surface area (Å²) < 4.78 is 50.2. The summed E-state index contributed by atoms with van der Waals surface area (Å²) in [4.78, 5) is 21.6. The van der Waals surface area contributed by atoms with Crippen LogP contribution in [-0.4, -0.2) is 61.5 Å². The molecule has 4 rings (SSSR count). The Morgan fingerprint density at radius 3 is 2.64 bits per heavy atom. The van der Waals surface area contributed by atoms with Crippen molar-refractivity contribution in [3.63, 3.8) is 0 Å². The fraction of sp³-hybridized carbons (Fsp3) is 0.448. The van der Waals surface area contributed by atoms with E-state index in [1.807, 2.05) is 24.9 Å². The summed E-state index contributed by atoms with van der Waals surface area (Å²) in [5.41, 5.74) is 7.41. The zero-order valence-electron chi connectivity index (χ0n) is 23.8. The van der Waals surface area contributed by atoms with E-state index in [1.165, 1.54) is 28.9 Å². The summed E-state index contributed by atoms with van der Waals surface area (Å²) in [5, 5.41) is 14.0. The van der Waals surface area contributed by atoms with Gasteiger partial charge in [0.15, 0.2) is 0 Å². The number of likely N-dealkylation sites (tertiary alicyclic amines) is 1. The van der Waals surface area contributed by atoms with Crippen LogP contribution in [0.15, 0.2) is 42.6 Å². The number of alkyl halides is 3. The number of anilines is 1. The third-order valence-electron chi connectivity index (χ3n) is 7.54. The van der Waals surface area contributed by atoms with E-state index in [9.17, 15) is 23.1 Å². The third-order valence-corrected chi connectivity index (χ3v) is 7.77. The number of aromatic nitrogens is 4. The van der Waals surface area contributed by atoms with Crippen molar-refractivity contribution >= 4 is 29.1 Å². The van der Waals surface area contributed by atoms with E-state index in [4.69, 9.17) is 22.1 Å². The highest BCUT2D eigenvalue weighted by atomic mass is 35.5. The highest BCUT2D eigenvalue weighted by molar-refractivity contribution is 6.30. The summed E-state index contributed by atoms with van der Waals surface area (Å²) >= 11 is 6.13. The maximum absolute atomic E-state index is 14.5. The fourth-order valence-corrected chi connectivity index (χ4v) is 5.73. The van der Waals surface area contributed by atoms with Crippen molar-refractivity contribution in [2.75, 3.05) is 19.3 Å². The molecule has 0 radical (unpaired) electrons. The van der Waals surface area contributed by atoms with E-state index < -0.39 is 24.3 Å². The Balaban J connectivity index is 1.56. The van der Waals surface area contributed by atoms with Crippen LogP contribution in [0.5, 0.6) is 5.88 Å². The molecule has 9 nitrogen and oxygen atoms in total. The van der Waals surface area contributed by atoms with Crippen LogP contribution < -0.4 is 10.5 Å². The number of carboxylic acid groups (broad SMARTS) is 1. The van der Waals surface area contributed by atoms with Crippen molar-refractivity contribution in [1.29, 1.82) is 0 Å². The Morgan fingerprint density at radius 1 is 1.31 bits per heavy atom. The normalized spacial score (nSPS) is 20.6. The average Bonchev–Trinajstić information content (AvgIpc) is 3.46. The van der Waals surface area contributed by atoms with Gasteiger partial charge in [0, 0.05) is 29.4 Å². The lowest BCUT2D eigenvalue weighted by molar-refractivity contribution is -0.198. The lowest BCUT2D eigenvalue weighted by Gasteiger charge is -2.24. The zero-order valence-corrected chi connectivity index (χ0v) is 24.6. The maximum Gasteiger partial charge on any atom is 0.429 e. The van der Waals surface area contributed by atoms with Gasteiger partial charge in [-0.15, -0.1) is 0 Å². The number of rotatable bonds is 10. The van der Waals surface area contributed by atoms with Crippen LogP contribution in [0.25, 0.3) is 11.3 Å². The van der Waals surface area contributed by atoms with E-state index in [-0.39, 0.29) is 33.5 Å². The van der Waals surface area contributed by atoms with Gasteiger partial charge in [-0.25, -0.2) is 9.67 Å². The molecule has 3 atom stereocenters. The van der Waals surface area contributed by atoms with Crippen molar-refractivity contribution in [3.05, 3.63) is 64.6 Å². The Kier molecular flexibility index (Phi) is 9.17. The Morgan fingerprint density at radius 2 is 2.05 bits per heavy atom. The van der Waals surface area contributed by atoms with Gasteiger partial charge in [-0.3, -0.25) is 9.69 Å². The number of allylic oxidation sites excluding steroid dienone is 2. The smallest absolute Gasteiger partial charge is 0.429 e. The van der Waals surface area contributed by atoms with Crippen LogP contribution in [-0.2, 0) is 4.79 Å². The molecule has 226 valence electrons. The summed E-state index contributed by atoms with van der Waals surface area (Å²) in [7, 11) is 1.81. The Labute approximate surface area is 247 Å². The lowest BCUT2D eigenvalue weighted by Crippen LogP contribution is -2.32. The molecule has 1 aliphatic heterocycles. The standard InChI is InChI=1S/C29H34ClF3N6O3/c1-5-18(7-6-11-28(3)15-23(26(40)41)38(4)16-28)21-14-24(36-27(34)35-21)42-25(29(31,32)33)20-9-8-19(30)13-22(20)39-12-10-17(2)37-39/h5,8-10,12-14,23,25H,6-7,11,15-16H2,1-4H3,(H,40,41)(H2,34,35,36)/b18-5+/t23-,25-,28+/m1/s1. The number of hydrogen-bond acceptors (Lipinski definition) is 7. The first-order chi connectivity index (χ1) is 19.7. The van der Waals surface area contributed by atoms with Gasteiger partial charge in [0.2, 0.25) is 17.9 Å². The molecule has 3 N–H and O–H groups in total. The van der Waals surface area contributed by atoms with Crippen LogP contribution >= 0.6 is 11.6 Å². The molecule has 13 heteroatoms. The zero-order chi connectivity index (χ0) is 30.8. The quantitative estimate of drug-likeness (QED) is 0.278. The maximum atomic E-state index is 14.5. The van der Waals surface area contributed by atoms with E-state index in [0.717, 1.165) is 18.4 Å². The second-order valence-corrected chi connectivity index (χ2v) is 11.5. The molecule has 0 aliphatic carbocycles. The predicted molar refractivity (Wildman–Crippen MR) is 153 cm³/mol. The van der Waals surface area contributed by atoms with Crippen LogP contribution in [0.1, 0.15) is 62.6 Å². The Hall–Kier alpha value is -3.64. The minimum atomic E-state index is -4.81. The highest BCUT2D eigenvalue weighted by Gasteiger charge is 2.45. The Bertz CT molecular complexity index is 1480. The van der Waals surface area contributed by atoms with Crippen molar-refractivity contribution in [1.82, 2.24) is 24.6 Å². The average molecular weight is 607 g/mol. The van der Waals surface area contributed by atoms with E-state index in [1.54, 1.807) is 19.2 Å². The lowest BCUT2D eigenvalue weighted by atomic mass is 9.82. The molecule has 1 fully saturated rings. The SMILES string of the molecule is C/C=C(\CCC[C@@]1(C)C[C@H](C(=O)O)N(C)C1)c1cc(O[C@H](c2ccc(Cl)cc2-n2ccc(C)n2)C(F)(F)F)nc(N)n1. The number of halogens is 4. The van der Waals surface area contributed by atoms with Gasteiger partial charge in [-0.2, -0.15) is 23.3 Å². The molecule has 0 bridgehead atoms. The van der Waals surface area contributed by atoms with E-state index in [0.29, 0.717) is 30.8 Å². The molecule has 0 spiro atoms. The fourth-order valence-electron chi connectivity index (χ4n) is 5.56. The highest BCUT2D eigenvalue weighted by Crippen LogP contribution is 2.41. The number of benzene rings is 1. The predicted octanol–water partition coefficient (Wildman–Crippen LogP) is 6.26. The van der Waals surface area contributed by atoms with Crippen LogP contribution in [0.2, 0.25) is 5.02 Å². The van der Waals surface area contributed by atoms with Gasteiger partial charge < -0.3 is 15.6 Å². The van der Waals surface area contributed by atoms with Gasteiger partial charge in [-0.1, -0.05) is 30.7 Å². The van der Waals surface area contributed by atoms with Crippen LogP contribution in [0.4, 0.5) is 19.1 Å². The number of carboxylic acids is 1. The van der Waals surface area contributed by atoms with Crippen LogP contribution in [0, 0.1) is 12.3 Å². The van der Waals surface area contributed by atoms with Gasteiger partial charge in [0.25, 0.3) is 0 Å². The first-order valence-corrected chi connectivity index (χ1v) is 13.9. The number of nitrogens with zero attached hydrogens (tertiary/aromatic N) is 5. The first kappa shape index (κ1) is 31.3. The number of aryl methyl sites for hydroxylation is 1. The van der Waals surface area contributed by atoms with Gasteiger partial charge >= 0.3 is 12.1 Å². The van der Waals surface area contributed by atoms with Crippen molar-refractivity contribution < 1.29 is 27.8 Å². The summed E-state index contributed by atoms with van der Waals surface area (Å²) in [6.07, 6.45) is -1.24. The minimum absolute atomic E-state index is 0.116. The van der Waals surface area contributed by atoms with E-state index >= 15 is 0 Å². The molecule has 0 amide bonds. The van der Waals surface area contributed by atoms with Gasteiger partial charge in [0.1, 0.15) is 6.04 Å². The largest absolute Gasteiger partial charge is 0.480 e. The van der Waals surface area contributed by atoms with E-state index in [2.05, 4.69) is 22.0 Å². The molecule has 1 aliphatic rings. The molecular formula is C29H34ClF3N6O3. The molecular weight excluding hydrogens is 573 g/mol. The van der Waals surface area contributed by atoms with Crippen LogP contribution in [0.3, 0.4) is 0 Å². The number of nitrogen functional groups attached to an aromatic ring is 1. The first-order valence-electron chi connectivity index (χ1n) is 13.5. The number of hydrogen-bond donors (Lipinski definition) is 2. The molecule has 3 aromatic rings. The van der Waals surface area contributed by atoms with Crippen molar-refractivity contribution in [2.24, 2.45) is 5.41 Å². The molecule has 2 aromatic heterocycles. The molecule has 3 heterocycles. The topological polar surface area (TPSA) is 119 Å². The minimum Gasteiger partial charge on any atom is -0.480 e. The second kappa shape index (κ2) is 12.3. The van der Waals surface area contributed by atoms with Gasteiger partial charge in [0.05, 0.1) is 17.1 Å². The molecule has 1 aromatic carbocycles. The van der Waals surface area contributed by atoms with Crippen molar-refractivity contribution in [3.8, 4) is 11.6 Å². The molecule has 42 heavy (non-hydrogen) atoms. The number of aliphatic carboxylic acids is 1. The summed E-state index contributed by atoms with van der Waals surface area (Å²) in [5.74, 6) is -1.39. The molecule has 0 saturated carbocycles. The number of carbonyl (C=O) groups is 1. The number of likely N-dealkylation sites (N-methyl/N-ethyl adjacent to an activating group) is 1. The summed E-state index contributed by atoms with van der Waals surface area (Å²) in [6.45, 7) is 6.27. The number of ether oxygens (including phenoxy) is 1. The summed E-state index contributed by atoms with van der Waals surface area (Å²) in [6, 6.07) is 6.51.